The van der Waals surface area contributed by atoms with Gasteiger partial charge in [0.15, 0.2) is 5.82 Å². The predicted molar refractivity (Wildman–Crippen MR) is 110 cm³/mol. The largest absolute Gasteiger partial charge is 0.457 e. The van der Waals surface area contributed by atoms with Crippen molar-refractivity contribution >= 4 is 6.03 Å². The van der Waals surface area contributed by atoms with E-state index in [9.17, 15) is 4.79 Å². The van der Waals surface area contributed by atoms with Gasteiger partial charge in [-0.15, -0.1) is 10.2 Å². The number of benzene rings is 2. The lowest BCUT2D eigenvalue weighted by molar-refractivity contribution is 0.181. The number of hydrogen-bond acceptors (Lipinski definition) is 4. The smallest absolute Gasteiger partial charge is 0.318 e. The van der Waals surface area contributed by atoms with Gasteiger partial charge in [-0.05, 0) is 61.2 Å². The summed E-state index contributed by atoms with van der Waals surface area (Å²) in [7, 11) is 0. The van der Waals surface area contributed by atoms with Gasteiger partial charge in [0, 0.05) is 19.6 Å². The van der Waals surface area contributed by atoms with E-state index < -0.39 is 0 Å². The Kier molecular flexibility index (Phi) is 5.20. The SMILES string of the molecule is Cc1cc(C)cc(Oc2ccc(CNC(=O)N3CCn4cnnc4C3)cc2C)c1. The number of carbonyl (C=O) groups is 1. The number of carbonyl (C=O) groups excluding carboxylic acids is 1. The molecular formula is C22H25N5O2. The summed E-state index contributed by atoms with van der Waals surface area (Å²) in [5, 5.41) is 10.9. The van der Waals surface area contributed by atoms with Crippen molar-refractivity contribution in [3.8, 4) is 11.5 Å². The van der Waals surface area contributed by atoms with Crippen molar-refractivity contribution in [3.05, 3.63) is 70.8 Å². The molecule has 0 aliphatic carbocycles. The fraction of sp³-hybridized carbons (Fsp3) is 0.318. The number of amides is 2. The third-order valence-electron chi connectivity index (χ3n) is 5.03. The second-order valence-electron chi connectivity index (χ2n) is 7.55. The van der Waals surface area contributed by atoms with E-state index >= 15 is 0 Å². The molecule has 0 bridgehead atoms. The van der Waals surface area contributed by atoms with E-state index in [2.05, 4.69) is 35.4 Å². The van der Waals surface area contributed by atoms with E-state index in [4.69, 9.17) is 4.74 Å². The van der Waals surface area contributed by atoms with Gasteiger partial charge in [-0.25, -0.2) is 4.79 Å². The van der Waals surface area contributed by atoms with Crippen LogP contribution in [-0.4, -0.2) is 32.2 Å². The highest BCUT2D eigenvalue weighted by atomic mass is 16.5. The maximum Gasteiger partial charge on any atom is 0.318 e. The van der Waals surface area contributed by atoms with Gasteiger partial charge in [0.2, 0.25) is 0 Å². The summed E-state index contributed by atoms with van der Waals surface area (Å²) in [4.78, 5) is 14.3. The summed E-state index contributed by atoms with van der Waals surface area (Å²) in [5.41, 5.74) is 4.41. The van der Waals surface area contributed by atoms with Gasteiger partial charge in [0.05, 0.1) is 6.54 Å². The third-order valence-corrected chi connectivity index (χ3v) is 5.03. The summed E-state index contributed by atoms with van der Waals surface area (Å²) in [5.74, 6) is 2.47. The summed E-state index contributed by atoms with van der Waals surface area (Å²) in [6.45, 7) is 8.45. The maximum absolute atomic E-state index is 12.5. The first-order chi connectivity index (χ1) is 14.0. The molecule has 29 heavy (non-hydrogen) atoms. The molecule has 150 valence electrons. The Labute approximate surface area is 170 Å². The highest BCUT2D eigenvalue weighted by molar-refractivity contribution is 5.74. The normalized spacial score (nSPS) is 13.1. The molecule has 7 heteroatoms. The second kappa shape index (κ2) is 7.95. The highest BCUT2D eigenvalue weighted by Crippen LogP contribution is 2.27. The Balaban J connectivity index is 1.36. The molecule has 4 rings (SSSR count). The van der Waals surface area contributed by atoms with Gasteiger partial charge < -0.3 is 19.5 Å². The molecule has 0 spiro atoms. The van der Waals surface area contributed by atoms with Gasteiger partial charge in [-0.2, -0.15) is 0 Å². The van der Waals surface area contributed by atoms with Gasteiger partial charge in [-0.3, -0.25) is 0 Å². The maximum atomic E-state index is 12.5. The number of rotatable bonds is 4. The van der Waals surface area contributed by atoms with Crippen molar-refractivity contribution in [1.82, 2.24) is 25.0 Å². The zero-order valence-electron chi connectivity index (χ0n) is 17.0. The quantitative estimate of drug-likeness (QED) is 0.736. The van der Waals surface area contributed by atoms with Crippen LogP contribution in [0.15, 0.2) is 42.7 Å². The number of nitrogens with one attached hydrogen (secondary N) is 1. The van der Waals surface area contributed by atoms with E-state index in [-0.39, 0.29) is 6.03 Å². The molecular weight excluding hydrogens is 366 g/mol. The van der Waals surface area contributed by atoms with Crippen LogP contribution in [0.1, 0.15) is 28.1 Å². The molecule has 3 aromatic rings. The van der Waals surface area contributed by atoms with E-state index in [0.29, 0.717) is 19.6 Å². The van der Waals surface area contributed by atoms with Crippen LogP contribution < -0.4 is 10.1 Å². The number of ether oxygens (including phenoxy) is 1. The molecule has 2 aromatic carbocycles. The molecule has 7 nitrogen and oxygen atoms in total. The lowest BCUT2D eigenvalue weighted by Gasteiger charge is -2.27. The molecule has 2 amide bonds. The fourth-order valence-electron chi connectivity index (χ4n) is 3.58. The number of aromatic nitrogens is 3. The average molecular weight is 391 g/mol. The molecule has 1 N–H and O–H groups in total. The molecule has 2 heterocycles. The Morgan fingerprint density at radius 1 is 1.10 bits per heavy atom. The van der Waals surface area contributed by atoms with Gasteiger partial charge in [-0.1, -0.05) is 18.2 Å². The van der Waals surface area contributed by atoms with E-state index in [0.717, 1.165) is 35.0 Å². The van der Waals surface area contributed by atoms with Crippen molar-refractivity contribution in [3.63, 3.8) is 0 Å². The van der Waals surface area contributed by atoms with E-state index in [1.54, 1.807) is 11.2 Å². The molecule has 0 saturated carbocycles. The van der Waals surface area contributed by atoms with Crippen LogP contribution in [0.25, 0.3) is 0 Å². The minimum atomic E-state index is -0.0903. The summed E-state index contributed by atoms with van der Waals surface area (Å²) >= 11 is 0. The zero-order chi connectivity index (χ0) is 20.4. The first-order valence-corrected chi connectivity index (χ1v) is 9.73. The van der Waals surface area contributed by atoms with Gasteiger partial charge in [0.25, 0.3) is 0 Å². The first kappa shape index (κ1) is 19.0. The predicted octanol–water partition coefficient (Wildman–Crippen LogP) is 3.72. The summed E-state index contributed by atoms with van der Waals surface area (Å²) in [6, 6.07) is 12.1. The van der Waals surface area contributed by atoms with Crippen molar-refractivity contribution in [1.29, 1.82) is 0 Å². The molecule has 0 saturated heterocycles. The molecule has 1 aromatic heterocycles. The van der Waals surface area contributed by atoms with Gasteiger partial charge in [0.1, 0.15) is 17.8 Å². The first-order valence-electron chi connectivity index (χ1n) is 9.73. The standard InChI is InChI=1S/C22H25N5O2/c1-15-8-16(2)10-19(9-15)29-20-5-4-18(11-17(20)3)12-23-22(28)26-6-7-27-14-24-25-21(27)13-26/h4-5,8-11,14H,6-7,12-13H2,1-3H3,(H,23,28). The van der Waals surface area contributed by atoms with Crippen molar-refractivity contribution in [2.75, 3.05) is 6.54 Å². The zero-order valence-corrected chi connectivity index (χ0v) is 17.0. The van der Waals surface area contributed by atoms with Crippen LogP contribution in [0.4, 0.5) is 4.79 Å². The fourth-order valence-corrected chi connectivity index (χ4v) is 3.58. The van der Waals surface area contributed by atoms with Crippen molar-refractivity contribution in [2.45, 2.75) is 40.4 Å². The number of urea groups is 1. The van der Waals surface area contributed by atoms with Crippen molar-refractivity contribution in [2.24, 2.45) is 0 Å². The van der Waals surface area contributed by atoms with Gasteiger partial charge >= 0.3 is 6.03 Å². The lowest BCUT2D eigenvalue weighted by Crippen LogP contribution is -2.43. The minimum absolute atomic E-state index is 0.0903. The third kappa shape index (κ3) is 4.39. The molecule has 1 aliphatic heterocycles. The summed E-state index contributed by atoms with van der Waals surface area (Å²) in [6.07, 6.45) is 1.70. The van der Waals surface area contributed by atoms with Crippen LogP contribution in [-0.2, 0) is 19.6 Å². The number of nitrogens with zero attached hydrogens (tertiary/aromatic N) is 4. The lowest BCUT2D eigenvalue weighted by atomic mass is 10.1. The van der Waals surface area contributed by atoms with Crippen LogP contribution in [0.5, 0.6) is 11.5 Å². The monoisotopic (exact) mass is 391 g/mol. The minimum Gasteiger partial charge on any atom is -0.457 e. The molecule has 0 fully saturated rings. The topological polar surface area (TPSA) is 72.3 Å². The molecule has 0 atom stereocenters. The Morgan fingerprint density at radius 3 is 2.66 bits per heavy atom. The molecule has 0 radical (unpaired) electrons. The Morgan fingerprint density at radius 2 is 1.90 bits per heavy atom. The number of aryl methyl sites for hydroxylation is 3. The van der Waals surface area contributed by atoms with Crippen molar-refractivity contribution < 1.29 is 9.53 Å². The Bertz CT molecular complexity index is 1020. The number of fused-ring (bicyclic) bond motifs is 1. The summed E-state index contributed by atoms with van der Waals surface area (Å²) < 4.78 is 8.04. The molecule has 0 unspecified atom stereocenters. The van der Waals surface area contributed by atoms with E-state index in [1.165, 1.54) is 11.1 Å². The highest BCUT2D eigenvalue weighted by Gasteiger charge is 2.21. The van der Waals surface area contributed by atoms with Crippen LogP contribution in [0.2, 0.25) is 0 Å². The Hall–Kier alpha value is -3.35. The number of hydrogen-bond donors (Lipinski definition) is 1. The van der Waals surface area contributed by atoms with E-state index in [1.807, 2.05) is 41.8 Å². The van der Waals surface area contributed by atoms with Crippen LogP contribution >= 0.6 is 0 Å². The molecule has 1 aliphatic rings. The van der Waals surface area contributed by atoms with Crippen LogP contribution in [0, 0.1) is 20.8 Å². The van der Waals surface area contributed by atoms with Crippen LogP contribution in [0.3, 0.4) is 0 Å². The second-order valence-corrected chi connectivity index (χ2v) is 7.55. The average Bonchev–Trinajstić information content (AvgIpc) is 3.15.